The third-order valence-electron chi connectivity index (χ3n) is 4.64. The molecule has 0 aliphatic carbocycles. The van der Waals surface area contributed by atoms with E-state index in [-0.39, 0.29) is 11.8 Å². The number of nitrogens with one attached hydrogen (secondary N) is 1. The summed E-state index contributed by atoms with van der Waals surface area (Å²) in [5.41, 5.74) is 0.889. The molecule has 0 atom stereocenters. The van der Waals surface area contributed by atoms with Gasteiger partial charge in [-0.15, -0.1) is 0 Å². The van der Waals surface area contributed by atoms with Crippen molar-refractivity contribution in [3.63, 3.8) is 0 Å². The molecule has 1 aromatic carbocycles. The number of carbonyl (C=O) groups is 2. The number of amides is 2. The second kappa shape index (κ2) is 9.20. The van der Waals surface area contributed by atoms with Crippen LogP contribution in [0, 0.1) is 6.92 Å². The van der Waals surface area contributed by atoms with Crippen LogP contribution in [0.4, 0.5) is 0 Å². The molecule has 150 valence electrons. The molecule has 28 heavy (non-hydrogen) atoms. The van der Waals surface area contributed by atoms with E-state index < -0.39 is 0 Å². The Hall–Kier alpha value is -2.39. The summed E-state index contributed by atoms with van der Waals surface area (Å²) in [5.74, 6) is 1.01. The number of halogens is 1. The van der Waals surface area contributed by atoms with E-state index in [2.05, 4.69) is 31.3 Å². The van der Waals surface area contributed by atoms with Crippen LogP contribution >= 0.6 is 15.9 Å². The molecule has 0 radical (unpaired) electrons. The van der Waals surface area contributed by atoms with Gasteiger partial charge in [-0.3, -0.25) is 14.5 Å². The van der Waals surface area contributed by atoms with Crippen LogP contribution in [-0.2, 0) is 0 Å². The molecular formula is C19H23BrN4O4. The van der Waals surface area contributed by atoms with E-state index in [1.54, 1.807) is 43.2 Å². The van der Waals surface area contributed by atoms with Crippen LogP contribution in [0.15, 0.2) is 33.3 Å². The molecule has 8 nitrogen and oxygen atoms in total. The van der Waals surface area contributed by atoms with E-state index in [0.29, 0.717) is 42.4 Å². The van der Waals surface area contributed by atoms with E-state index in [1.807, 2.05) is 0 Å². The maximum Gasteiger partial charge on any atom is 0.276 e. The van der Waals surface area contributed by atoms with Gasteiger partial charge in [-0.2, -0.15) is 0 Å². The fraction of sp³-hybridized carbons (Fsp3) is 0.421. The van der Waals surface area contributed by atoms with Crippen molar-refractivity contribution < 1.29 is 18.8 Å². The fourth-order valence-corrected chi connectivity index (χ4v) is 3.46. The van der Waals surface area contributed by atoms with Gasteiger partial charge in [0.2, 0.25) is 0 Å². The fourth-order valence-electron chi connectivity index (χ4n) is 3.03. The smallest absolute Gasteiger partial charge is 0.276 e. The molecule has 2 heterocycles. The number of carbonyl (C=O) groups excluding carboxylic acids is 2. The van der Waals surface area contributed by atoms with E-state index in [1.165, 1.54) is 0 Å². The second-order valence-corrected chi connectivity index (χ2v) is 7.41. The SMILES string of the molecule is COc1ccc(Br)c(C(=O)NCCN2CCN(C(=O)c3cc(C)on3)CC2)c1. The minimum atomic E-state index is -0.152. The van der Waals surface area contributed by atoms with Gasteiger partial charge in [0.15, 0.2) is 5.69 Å². The highest BCUT2D eigenvalue weighted by atomic mass is 79.9. The Kier molecular flexibility index (Phi) is 6.69. The molecule has 1 fully saturated rings. The largest absolute Gasteiger partial charge is 0.497 e. The van der Waals surface area contributed by atoms with Crippen molar-refractivity contribution in [1.29, 1.82) is 0 Å². The number of benzene rings is 1. The maximum absolute atomic E-state index is 12.4. The highest BCUT2D eigenvalue weighted by Crippen LogP contribution is 2.22. The summed E-state index contributed by atoms with van der Waals surface area (Å²) in [7, 11) is 1.57. The Morgan fingerprint density at radius 2 is 2.00 bits per heavy atom. The summed E-state index contributed by atoms with van der Waals surface area (Å²) in [4.78, 5) is 28.8. The molecule has 0 unspecified atom stereocenters. The summed E-state index contributed by atoms with van der Waals surface area (Å²) in [5, 5.41) is 6.72. The van der Waals surface area contributed by atoms with Gasteiger partial charge in [0.1, 0.15) is 11.5 Å². The number of rotatable bonds is 6. The monoisotopic (exact) mass is 450 g/mol. The van der Waals surface area contributed by atoms with Crippen molar-refractivity contribution in [3.8, 4) is 5.75 Å². The highest BCUT2D eigenvalue weighted by molar-refractivity contribution is 9.10. The minimum Gasteiger partial charge on any atom is -0.497 e. The van der Waals surface area contributed by atoms with E-state index in [4.69, 9.17) is 9.26 Å². The second-order valence-electron chi connectivity index (χ2n) is 6.56. The van der Waals surface area contributed by atoms with Crippen molar-refractivity contribution in [2.45, 2.75) is 6.92 Å². The first-order valence-corrected chi connectivity index (χ1v) is 9.84. The van der Waals surface area contributed by atoms with Crippen LogP contribution in [0.25, 0.3) is 0 Å². The topological polar surface area (TPSA) is 87.9 Å². The van der Waals surface area contributed by atoms with Gasteiger partial charge < -0.3 is 19.5 Å². The van der Waals surface area contributed by atoms with Gasteiger partial charge in [0.25, 0.3) is 11.8 Å². The van der Waals surface area contributed by atoms with E-state index >= 15 is 0 Å². The summed E-state index contributed by atoms with van der Waals surface area (Å²) in [6, 6.07) is 6.94. The maximum atomic E-state index is 12.4. The van der Waals surface area contributed by atoms with Crippen molar-refractivity contribution in [2.75, 3.05) is 46.4 Å². The Balaban J connectivity index is 1.43. The third kappa shape index (κ3) is 4.90. The number of aromatic nitrogens is 1. The van der Waals surface area contributed by atoms with Gasteiger partial charge in [0.05, 0.1) is 12.7 Å². The van der Waals surface area contributed by atoms with Gasteiger partial charge in [-0.1, -0.05) is 5.16 Å². The number of hydrogen-bond acceptors (Lipinski definition) is 6. The third-order valence-corrected chi connectivity index (χ3v) is 5.33. The highest BCUT2D eigenvalue weighted by Gasteiger charge is 2.24. The Bertz CT molecular complexity index is 846. The van der Waals surface area contributed by atoms with E-state index in [9.17, 15) is 9.59 Å². The lowest BCUT2D eigenvalue weighted by Crippen LogP contribution is -2.50. The molecular weight excluding hydrogens is 428 g/mol. The van der Waals surface area contributed by atoms with Gasteiger partial charge in [-0.25, -0.2) is 0 Å². The zero-order chi connectivity index (χ0) is 20.1. The predicted molar refractivity (Wildman–Crippen MR) is 107 cm³/mol. The van der Waals surface area contributed by atoms with Gasteiger partial charge in [-0.05, 0) is 41.1 Å². The first-order valence-electron chi connectivity index (χ1n) is 9.04. The molecule has 9 heteroatoms. The molecule has 2 aromatic rings. The van der Waals surface area contributed by atoms with Crippen LogP contribution in [0.5, 0.6) is 5.75 Å². The lowest BCUT2D eigenvalue weighted by Gasteiger charge is -2.34. The number of hydrogen-bond donors (Lipinski definition) is 1. The Morgan fingerprint density at radius 1 is 1.25 bits per heavy atom. The molecule has 1 N–H and O–H groups in total. The number of aryl methyl sites for hydroxylation is 1. The summed E-state index contributed by atoms with van der Waals surface area (Å²) >= 11 is 3.39. The van der Waals surface area contributed by atoms with Crippen molar-refractivity contribution in [1.82, 2.24) is 20.3 Å². The normalized spacial score (nSPS) is 14.8. The number of piperazine rings is 1. The first kappa shape index (κ1) is 20.3. The van der Waals surface area contributed by atoms with Crippen molar-refractivity contribution in [3.05, 3.63) is 45.8 Å². The molecule has 1 saturated heterocycles. The quantitative estimate of drug-likeness (QED) is 0.723. The molecule has 0 spiro atoms. The van der Waals surface area contributed by atoms with E-state index in [0.717, 1.165) is 24.1 Å². The lowest BCUT2D eigenvalue weighted by molar-refractivity contribution is 0.0628. The number of ether oxygens (including phenoxy) is 1. The molecule has 1 aliphatic heterocycles. The Labute approximate surface area is 171 Å². The predicted octanol–water partition coefficient (Wildman–Crippen LogP) is 1.94. The Morgan fingerprint density at radius 3 is 2.64 bits per heavy atom. The zero-order valence-corrected chi connectivity index (χ0v) is 17.5. The lowest BCUT2D eigenvalue weighted by atomic mass is 10.2. The summed E-state index contributed by atoms with van der Waals surface area (Å²) in [6.07, 6.45) is 0. The first-order chi connectivity index (χ1) is 13.5. The molecule has 2 amide bonds. The summed E-state index contributed by atoms with van der Waals surface area (Å²) in [6.45, 7) is 5.76. The van der Waals surface area contributed by atoms with Crippen LogP contribution < -0.4 is 10.1 Å². The van der Waals surface area contributed by atoms with Crippen LogP contribution in [-0.4, -0.2) is 73.1 Å². The standard InChI is InChI=1S/C19H23BrN4O4/c1-13-11-17(22-28-13)19(26)24-9-7-23(8-10-24)6-5-21-18(25)15-12-14(27-2)3-4-16(15)20/h3-4,11-12H,5-10H2,1-2H3,(H,21,25). The number of nitrogens with zero attached hydrogens (tertiary/aromatic N) is 3. The van der Waals surface area contributed by atoms with Gasteiger partial charge >= 0.3 is 0 Å². The molecule has 0 bridgehead atoms. The van der Waals surface area contributed by atoms with Crippen LogP contribution in [0.1, 0.15) is 26.6 Å². The minimum absolute atomic E-state index is 0.104. The molecule has 1 aliphatic rings. The number of methoxy groups -OCH3 is 1. The average Bonchev–Trinajstić information content (AvgIpc) is 3.14. The summed E-state index contributed by atoms with van der Waals surface area (Å²) < 4.78 is 10.9. The molecule has 1 aromatic heterocycles. The average molecular weight is 451 g/mol. The van der Waals surface area contributed by atoms with Gasteiger partial charge in [0, 0.05) is 49.8 Å². The van der Waals surface area contributed by atoms with Crippen molar-refractivity contribution in [2.24, 2.45) is 0 Å². The zero-order valence-electron chi connectivity index (χ0n) is 15.9. The van der Waals surface area contributed by atoms with Crippen molar-refractivity contribution >= 4 is 27.7 Å². The molecule has 3 rings (SSSR count). The van der Waals surface area contributed by atoms with Crippen LogP contribution in [0.2, 0.25) is 0 Å². The van der Waals surface area contributed by atoms with Crippen LogP contribution in [0.3, 0.4) is 0 Å². The molecule has 0 saturated carbocycles.